The zero-order chi connectivity index (χ0) is 15.2. The minimum atomic E-state index is -4.42. The highest BCUT2D eigenvalue weighted by molar-refractivity contribution is 5.89. The van der Waals surface area contributed by atoms with Gasteiger partial charge in [0.2, 0.25) is 0 Å². The van der Waals surface area contributed by atoms with Crippen LogP contribution in [-0.2, 0) is 11.0 Å². The van der Waals surface area contributed by atoms with Crippen LogP contribution in [0.15, 0.2) is 24.3 Å². The van der Waals surface area contributed by atoms with Crippen molar-refractivity contribution < 1.29 is 27.9 Å². The first kappa shape index (κ1) is 15.8. The van der Waals surface area contributed by atoms with Crippen molar-refractivity contribution in [1.82, 2.24) is 5.32 Å². The van der Waals surface area contributed by atoms with Crippen molar-refractivity contribution in [3.8, 4) is 0 Å². The molecule has 1 aromatic carbocycles. The van der Waals surface area contributed by atoms with E-state index in [1.54, 1.807) is 0 Å². The van der Waals surface area contributed by atoms with Gasteiger partial charge in [-0.05, 0) is 30.7 Å². The van der Waals surface area contributed by atoms with Gasteiger partial charge in [0.25, 0.3) is 0 Å². The quantitative estimate of drug-likeness (QED) is 0.729. The number of hydrogen-bond acceptors (Lipinski definition) is 2. The van der Waals surface area contributed by atoms with Crippen LogP contribution >= 0.6 is 0 Å². The molecular formula is C12H13F3N2O3. The molecule has 0 aromatic heterocycles. The summed E-state index contributed by atoms with van der Waals surface area (Å²) < 4.78 is 36.9. The molecule has 0 fully saturated rings. The summed E-state index contributed by atoms with van der Waals surface area (Å²) in [5, 5.41) is 13.1. The second-order valence-electron chi connectivity index (χ2n) is 3.95. The molecule has 3 N–H and O–H groups in total. The molecule has 2 amide bonds. The molecule has 0 aliphatic carbocycles. The molecule has 1 aromatic rings. The summed E-state index contributed by atoms with van der Waals surface area (Å²) in [6.45, 7) is 0.165. The van der Waals surface area contributed by atoms with Crippen molar-refractivity contribution in [2.45, 2.75) is 19.0 Å². The van der Waals surface area contributed by atoms with E-state index in [9.17, 15) is 22.8 Å². The first-order valence-electron chi connectivity index (χ1n) is 5.73. The van der Waals surface area contributed by atoms with Crippen molar-refractivity contribution in [2.24, 2.45) is 0 Å². The predicted molar refractivity (Wildman–Crippen MR) is 65.3 cm³/mol. The molecule has 8 heteroatoms. The third-order valence-corrected chi connectivity index (χ3v) is 2.32. The molecule has 0 aliphatic rings. The number of rotatable bonds is 5. The van der Waals surface area contributed by atoms with E-state index in [1.165, 1.54) is 0 Å². The number of amides is 2. The number of alkyl halides is 3. The average molecular weight is 290 g/mol. The lowest BCUT2D eigenvalue weighted by Crippen LogP contribution is -2.29. The number of nitrogens with one attached hydrogen (secondary N) is 2. The Morgan fingerprint density at radius 3 is 2.25 bits per heavy atom. The van der Waals surface area contributed by atoms with Crippen molar-refractivity contribution in [2.75, 3.05) is 11.9 Å². The van der Waals surface area contributed by atoms with Gasteiger partial charge < -0.3 is 15.7 Å². The third kappa shape index (κ3) is 5.59. The number of carbonyl (C=O) groups is 2. The number of carboxylic acid groups (broad SMARTS) is 1. The average Bonchev–Trinajstić information content (AvgIpc) is 2.34. The summed E-state index contributed by atoms with van der Waals surface area (Å²) in [6, 6.07) is 3.40. The Bertz CT molecular complexity index is 472. The molecule has 0 spiro atoms. The molecule has 0 saturated heterocycles. The number of halogens is 3. The van der Waals surface area contributed by atoms with E-state index >= 15 is 0 Å². The largest absolute Gasteiger partial charge is 0.481 e. The lowest BCUT2D eigenvalue weighted by molar-refractivity contribution is -0.138. The summed E-state index contributed by atoms with van der Waals surface area (Å²) in [5.74, 6) is -0.963. The van der Waals surface area contributed by atoms with Crippen LogP contribution in [0.1, 0.15) is 18.4 Å². The Labute approximate surface area is 112 Å². The summed E-state index contributed by atoms with van der Waals surface area (Å²) in [5.41, 5.74) is -0.585. The minimum Gasteiger partial charge on any atom is -0.481 e. The number of carboxylic acids is 1. The van der Waals surface area contributed by atoms with E-state index in [4.69, 9.17) is 5.11 Å². The van der Waals surface area contributed by atoms with Crippen molar-refractivity contribution in [1.29, 1.82) is 0 Å². The maximum absolute atomic E-state index is 12.3. The third-order valence-electron chi connectivity index (χ3n) is 2.32. The number of hydrogen-bond donors (Lipinski definition) is 3. The van der Waals surface area contributed by atoms with Crippen LogP contribution in [0.25, 0.3) is 0 Å². The molecule has 0 aliphatic heterocycles. The molecule has 0 unspecified atom stereocenters. The Kier molecular flexibility index (Phi) is 5.36. The fraction of sp³-hybridized carbons (Fsp3) is 0.333. The van der Waals surface area contributed by atoms with E-state index < -0.39 is 23.7 Å². The van der Waals surface area contributed by atoms with Crippen LogP contribution < -0.4 is 10.6 Å². The predicted octanol–water partition coefficient (Wildman–Crippen LogP) is 2.69. The summed E-state index contributed by atoms with van der Waals surface area (Å²) in [6.07, 6.45) is -4.21. The Morgan fingerprint density at radius 1 is 1.15 bits per heavy atom. The Hall–Kier alpha value is -2.25. The molecule has 5 nitrogen and oxygen atoms in total. The lowest BCUT2D eigenvalue weighted by Gasteiger charge is -2.09. The van der Waals surface area contributed by atoms with Crippen LogP contribution in [-0.4, -0.2) is 23.7 Å². The maximum Gasteiger partial charge on any atom is 0.416 e. The van der Waals surface area contributed by atoms with Crippen molar-refractivity contribution in [3.63, 3.8) is 0 Å². The molecule has 0 bridgehead atoms. The highest BCUT2D eigenvalue weighted by Gasteiger charge is 2.29. The molecule has 20 heavy (non-hydrogen) atoms. The molecule has 0 saturated carbocycles. The number of benzene rings is 1. The molecule has 110 valence electrons. The maximum atomic E-state index is 12.3. The topological polar surface area (TPSA) is 78.4 Å². The second-order valence-corrected chi connectivity index (χ2v) is 3.95. The van der Waals surface area contributed by atoms with Gasteiger partial charge in [-0.15, -0.1) is 0 Å². The molecule has 1 rings (SSSR count). The summed E-state index contributed by atoms with van der Waals surface area (Å²) in [4.78, 5) is 21.6. The zero-order valence-electron chi connectivity index (χ0n) is 10.3. The van der Waals surface area contributed by atoms with Gasteiger partial charge in [0.05, 0.1) is 5.56 Å². The normalized spacial score (nSPS) is 10.9. The number of urea groups is 1. The van der Waals surface area contributed by atoms with Gasteiger partial charge in [-0.2, -0.15) is 13.2 Å². The zero-order valence-corrected chi connectivity index (χ0v) is 10.3. The SMILES string of the molecule is O=C(O)CCCNC(=O)Nc1ccc(C(F)(F)F)cc1. The van der Waals surface area contributed by atoms with Gasteiger partial charge in [0.15, 0.2) is 0 Å². The Morgan fingerprint density at radius 2 is 1.75 bits per heavy atom. The van der Waals surface area contributed by atoms with Gasteiger partial charge in [-0.3, -0.25) is 4.79 Å². The second kappa shape index (κ2) is 6.78. The first-order chi connectivity index (χ1) is 9.29. The molecule has 0 atom stereocenters. The minimum absolute atomic E-state index is 0.0689. The molecule has 0 heterocycles. The van der Waals surface area contributed by atoms with E-state index in [0.29, 0.717) is 0 Å². The van der Waals surface area contributed by atoms with Gasteiger partial charge in [-0.25, -0.2) is 4.79 Å². The fourth-order valence-electron chi connectivity index (χ4n) is 1.36. The van der Waals surface area contributed by atoms with Gasteiger partial charge in [0.1, 0.15) is 0 Å². The van der Waals surface area contributed by atoms with Crippen LogP contribution in [0.2, 0.25) is 0 Å². The number of aliphatic carboxylic acids is 1. The van der Waals surface area contributed by atoms with Crippen LogP contribution in [0, 0.1) is 0 Å². The monoisotopic (exact) mass is 290 g/mol. The standard InChI is InChI=1S/C12H13F3N2O3/c13-12(14,15)8-3-5-9(6-4-8)17-11(20)16-7-1-2-10(18)19/h3-6H,1-2,7H2,(H,18,19)(H2,16,17,20). The van der Waals surface area contributed by atoms with Crippen LogP contribution in [0.3, 0.4) is 0 Å². The van der Waals surface area contributed by atoms with E-state index in [0.717, 1.165) is 24.3 Å². The van der Waals surface area contributed by atoms with E-state index in [1.807, 2.05) is 0 Å². The van der Waals surface area contributed by atoms with Gasteiger partial charge >= 0.3 is 18.2 Å². The van der Waals surface area contributed by atoms with Crippen LogP contribution in [0.5, 0.6) is 0 Å². The van der Waals surface area contributed by atoms with E-state index in [-0.39, 0.29) is 25.1 Å². The first-order valence-corrected chi connectivity index (χ1v) is 5.73. The summed E-state index contributed by atoms with van der Waals surface area (Å²) in [7, 11) is 0. The van der Waals surface area contributed by atoms with Crippen molar-refractivity contribution >= 4 is 17.7 Å². The molecular weight excluding hydrogens is 277 g/mol. The van der Waals surface area contributed by atoms with Crippen molar-refractivity contribution in [3.05, 3.63) is 29.8 Å². The van der Waals surface area contributed by atoms with E-state index in [2.05, 4.69) is 10.6 Å². The van der Waals surface area contributed by atoms with Gasteiger partial charge in [0, 0.05) is 18.7 Å². The smallest absolute Gasteiger partial charge is 0.416 e. The number of anilines is 1. The van der Waals surface area contributed by atoms with Gasteiger partial charge in [-0.1, -0.05) is 0 Å². The molecule has 0 radical (unpaired) electrons. The number of carbonyl (C=O) groups excluding carboxylic acids is 1. The summed E-state index contributed by atoms with van der Waals surface area (Å²) >= 11 is 0. The Balaban J connectivity index is 2.41. The lowest BCUT2D eigenvalue weighted by atomic mass is 10.2. The fourth-order valence-corrected chi connectivity index (χ4v) is 1.36. The highest BCUT2D eigenvalue weighted by Crippen LogP contribution is 2.29. The van der Waals surface area contributed by atoms with Crippen LogP contribution in [0.4, 0.5) is 23.7 Å². The highest BCUT2D eigenvalue weighted by atomic mass is 19.4.